The van der Waals surface area contributed by atoms with E-state index in [1.807, 2.05) is 6.07 Å². The molecule has 3 atom stereocenters. The molecule has 158 valence electrons. The zero-order valence-corrected chi connectivity index (χ0v) is 16.9. The average Bonchev–Trinajstić information content (AvgIpc) is 3.36. The van der Waals surface area contributed by atoms with Gasteiger partial charge in [0.25, 0.3) is 5.78 Å². The van der Waals surface area contributed by atoms with Gasteiger partial charge in [-0.3, -0.25) is 14.5 Å². The quantitative estimate of drug-likeness (QED) is 0.560. The lowest BCUT2D eigenvalue weighted by Gasteiger charge is -2.45. The average molecular weight is 419 g/mol. The third-order valence-corrected chi connectivity index (χ3v) is 6.03. The summed E-state index contributed by atoms with van der Waals surface area (Å²) in [7, 11) is 0. The molecule has 1 amide bonds. The van der Waals surface area contributed by atoms with Gasteiger partial charge in [0.15, 0.2) is 5.54 Å². The predicted octanol–water partition coefficient (Wildman–Crippen LogP) is 2.71. The molecule has 2 saturated heterocycles. The molecule has 31 heavy (non-hydrogen) atoms. The molecule has 0 spiro atoms. The van der Waals surface area contributed by atoms with E-state index in [0.29, 0.717) is 24.3 Å². The molecule has 0 bridgehead atoms. The third kappa shape index (κ3) is 2.66. The van der Waals surface area contributed by atoms with Crippen LogP contribution in [0.5, 0.6) is 0 Å². The van der Waals surface area contributed by atoms with E-state index in [1.54, 1.807) is 61.5 Å². The number of hydrogen-bond donors (Lipinski definition) is 0. The highest BCUT2D eigenvalue weighted by molar-refractivity contribution is 6.54. The van der Waals surface area contributed by atoms with Crippen LogP contribution in [0.4, 0.5) is 5.69 Å². The Morgan fingerprint density at radius 2 is 1.77 bits per heavy atom. The maximum Gasteiger partial charge on any atom is 0.338 e. The van der Waals surface area contributed by atoms with Crippen molar-refractivity contribution in [1.82, 2.24) is 0 Å². The third-order valence-electron chi connectivity index (χ3n) is 6.03. The topological polar surface area (TPSA) is 82.1 Å². The first-order valence-corrected chi connectivity index (χ1v) is 10.3. The van der Waals surface area contributed by atoms with Gasteiger partial charge in [-0.15, -0.1) is 0 Å². The fraction of sp³-hybridized carbons (Fsp3) is 0.292. The molecule has 7 heteroatoms. The standard InChI is InChI=1S/C24H21NO6/c1-2-29-23(28)24-17-13-14-30-22(17)31-20(15-9-5-3-6-10-15)18(24)19(26)21(27)25(24)16-11-7-4-8-12-16/h3-12,17,22H,2,13-14H2,1H3/t17-,22-,24-/m1/s1. The molecule has 0 saturated carbocycles. The predicted molar refractivity (Wildman–Crippen MR) is 111 cm³/mol. The van der Waals surface area contributed by atoms with Gasteiger partial charge in [-0.05, 0) is 25.5 Å². The molecule has 0 aromatic heterocycles. The number of ketones is 1. The Hall–Kier alpha value is -3.45. The minimum atomic E-state index is -1.66. The molecule has 7 nitrogen and oxygen atoms in total. The number of Topliss-reactive ketones (excluding diaryl/α,β-unsaturated/α-hetero) is 1. The summed E-state index contributed by atoms with van der Waals surface area (Å²) in [6, 6.07) is 17.7. The summed E-state index contributed by atoms with van der Waals surface area (Å²) in [6.45, 7) is 2.15. The first-order chi connectivity index (χ1) is 15.1. The molecule has 0 N–H and O–H groups in total. The van der Waals surface area contributed by atoms with Crippen molar-refractivity contribution in [1.29, 1.82) is 0 Å². The van der Waals surface area contributed by atoms with Crippen molar-refractivity contribution in [3.05, 3.63) is 71.8 Å². The zero-order valence-electron chi connectivity index (χ0n) is 16.9. The van der Waals surface area contributed by atoms with Gasteiger partial charge >= 0.3 is 11.9 Å². The lowest BCUT2D eigenvalue weighted by Crippen LogP contribution is -2.62. The monoisotopic (exact) mass is 419 g/mol. The van der Waals surface area contributed by atoms with Crippen LogP contribution < -0.4 is 4.90 Å². The van der Waals surface area contributed by atoms with Gasteiger partial charge in [-0.25, -0.2) is 4.79 Å². The number of para-hydroxylation sites is 1. The van der Waals surface area contributed by atoms with Gasteiger partial charge in [0.1, 0.15) is 5.76 Å². The number of esters is 1. The molecular formula is C24H21NO6. The highest BCUT2D eigenvalue weighted by Gasteiger charge is 2.71. The Kier molecular flexibility index (Phi) is 4.63. The summed E-state index contributed by atoms with van der Waals surface area (Å²) in [4.78, 5) is 41.8. The summed E-state index contributed by atoms with van der Waals surface area (Å²) in [5.41, 5.74) is -0.589. The molecular weight excluding hydrogens is 398 g/mol. The number of anilines is 1. The molecule has 5 rings (SSSR count). The Balaban J connectivity index is 1.85. The molecule has 0 aliphatic carbocycles. The van der Waals surface area contributed by atoms with Crippen LogP contribution in [0, 0.1) is 5.92 Å². The van der Waals surface area contributed by atoms with Crippen LogP contribution in [0.1, 0.15) is 18.9 Å². The van der Waals surface area contributed by atoms with Crippen molar-refractivity contribution in [3.8, 4) is 0 Å². The van der Waals surface area contributed by atoms with Gasteiger partial charge in [0.2, 0.25) is 6.29 Å². The highest BCUT2D eigenvalue weighted by Crippen LogP contribution is 2.54. The minimum absolute atomic E-state index is 0.0257. The maximum absolute atomic E-state index is 13.7. The van der Waals surface area contributed by atoms with Crippen LogP contribution in [-0.2, 0) is 28.6 Å². The fourth-order valence-corrected chi connectivity index (χ4v) is 4.83. The van der Waals surface area contributed by atoms with Crippen molar-refractivity contribution in [2.75, 3.05) is 18.1 Å². The summed E-state index contributed by atoms with van der Waals surface area (Å²) >= 11 is 0. The number of carbonyl (C=O) groups excluding carboxylic acids is 3. The smallest absolute Gasteiger partial charge is 0.338 e. The highest BCUT2D eigenvalue weighted by atomic mass is 16.7. The van der Waals surface area contributed by atoms with E-state index in [2.05, 4.69) is 0 Å². The van der Waals surface area contributed by atoms with E-state index in [0.717, 1.165) is 0 Å². The van der Waals surface area contributed by atoms with Gasteiger partial charge in [0.05, 0.1) is 24.7 Å². The van der Waals surface area contributed by atoms with Crippen molar-refractivity contribution in [2.24, 2.45) is 5.92 Å². The second-order valence-electron chi connectivity index (χ2n) is 7.61. The number of amides is 1. The maximum atomic E-state index is 13.7. The molecule has 3 heterocycles. The summed E-state index contributed by atoms with van der Waals surface area (Å²) in [5, 5.41) is 0. The second kappa shape index (κ2) is 7.35. The van der Waals surface area contributed by atoms with Crippen molar-refractivity contribution in [3.63, 3.8) is 0 Å². The number of hydrogen-bond acceptors (Lipinski definition) is 6. The first kappa shape index (κ1) is 19.5. The number of ether oxygens (including phenoxy) is 3. The van der Waals surface area contributed by atoms with Crippen LogP contribution in [-0.4, -0.2) is 42.7 Å². The van der Waals surface area contributed by atoms with Gasteiger partial charge in [-0.2, -0.15) is 0 Å². The molecule has 2 fully saturated rings. The van der Waals surface area contributed by atoms with E-state index < -0.39 is 35.4 Å². The van der Waals surface area contributed by atoms with Crippen LogP contribution in [0.15, 0.2) is 66.2 Å². The lowest BCUT2D eigenvalue weighted by molar-refractivity contribution is -0.159. The van der Waals surface area contributed by atoms with Crippen molar-refractivity contribution < 1.29 is 28.6 Å². The Labute approximate surface area is 179 Å². The molecule has 2 aromatic rings. The van der Waals surface area contributed by atoms with E-state index >= 15 is 0 Å². The number of rotatable bonds is 4. The molecule has 0 radical (unpaired) electrons. The zero-order chi connectivity index (χ0) is 21.6. The SMILES string of the molecule is CCOC(=O)[C@]12C(=C(c3ccccc3)O[C@H]3OCC[C@H]31)C(=O)C(=O)N2c1ccccc1. The Morgan fingerprint density at radius 1 is 1.10 bits per heavy atom. The van der Waals surface area contributed by atoms with Crippen LogP contribution in [0.25, 0.3) is 5.76 Å². The minimum Gasteiger partial charge on any atom is -0.464 e. The number of carbonyl (C=O) groups is 3. The summed E-state index contributed by atoms with van der Waals surface area (Å²) in [6.07, 6.45) is -0.341. The van der Waals surface area contributed by atoms with Crippen LogP contribution in [0.2, 0.25) is 0 Å². The van der Waals surface area contributed by atoms with Crippen LogP contribution in [0.3, 0.4) is 0 Å². The van der Waals surface area contributed by atoms with Gasteiger partial charge in [-0.1, -0.05) is 48.5 Å². The van der Waals surface area contributed by atoms with Crippen molar-refractivity contribution >= 4 is 29.1 Å². The molecule has 0 unspecified atom stereocenters. The van der Waals surface area contributed by atoms with E-state index in [1.165, 1.54) is 4.90 Å². The van der Waals surface area contributed by atoms with E-state index in [9.17, 15) is 14.4 Å². The Bertz CT molecular complexity index is 1080. The molecule has 2 aromatic carbocycles. The van der Waals surface area contributed by atoms with E-state index in [4.69, 9.17) is 14.2 Å². The van der Waals surface area contributed by atoms with Crippen LogP contribution >= 0.6 is 0 Å². The van der Waals surface area contributed by atoms with Gasteiger partial charge in [0, 0.05) is 11.3 Å². The number of fused-ring (bicyclic) bond motifs is 3. The largest absolute Gasteiger partial charge is 0.464 e. The number of nitrogens with zero attached hydrogens (tertiary/aromatic N) is 1. The van der Waals surface area contributed by atoms with Crippen molar-refractivity contribution in [2.45, 2.75) is 25.2 Å². The summed E-state index contributed by atoms with van der Waals surface area (Å²) in [5.74, 6) is -2.58. The molecule has 3 aliphatic heterocycles. The number of benzene rings is 2. The molecule has 3 aliphatic rings. The second-order valence-corrected chi connectivity index (χ2v) is 7.61. The van der Waals surface area contributed by atoms with E-state index in [-0.39, 0.29) is 17.9 Å². The first-order valence-electron chi connectivity index (χ1n) is 10.3. The normalized spacial score (nSPS) is 27.1. The van der Waals surface area contributed by atoms with Gasteiger partial charge < -0.3 is 14.2 Å². The fourth-order valence-electron chi connectivity index (χ4n) is 4.83. The lowest BCUT2D eigenvalue weighted by atomic mass is 9.73. The summed E-state index contributed by atoms with van der Waals surface area (Å²) < 4.78 is 17.4. The Morgan fingerprint density at radius 3 is 2.45 bits per heavy atom.